The summed E-state index contributed by atoms with van der Waals surface area (Å²) < 4.78 is 5.27. The molecule has 1 aromatic rings. The van der Waals surface area contributed by atoms with Crippen LogP contribution >= 0.6 is 0 Å². The summed E-state index contributed by atoms with van der Waals surface area (Å²) in [5, 5.41) is 3.49. The molecular formula is C16H27NO. The zero-order valence-electron chi connectivity index (χ0n) is 12.4. The van der Waals surface area contributed by atoms with E-state index in [-0.39, 0.29) is 0 Å². The van der Waals surface area contributed by atoms with Crippen LogP contribution < -0.4 is 10.1 Å². The largest absolute Gasteiger partial charge is 0.497 e. The molecule has 0 saturated heterocycles. The fourth-order valence-electron chi connectivity index (χ4n) is 2.12. The summed E-state index contributed by atoms with van der Waals surface area (Å²) in [6.07, 6.45) is 2.27. The second-order valence-electron chi connectivity index (χ2n) is 6.05. The van der Waals surface area contributed by atoms with Gasteiger partial charge in [-0.05, 0) is 42.5 Å². The summed E-state index contributed by atoms with van der Waals surface area (Å²) in [5.41, 5.74) is 1.66. The molecule has 0 amide bonds. The third kappa shape index (κ3) is 5.54. The zero-order chi connectivity index (χ0) is 13.6. The summed E-state index contributed by atoms with van der Waals surface area (Å²) in [6.45, 7) is 10.1. The molecule has 2 heteroatoms. The van der Waals surface area contributed by atoms with E-state index < -0.39 is 0 Å². The minimum atomic E-state index is 0.314. The van der Waals surface area contributed by atoms with Gasteiger partial charge in [0.05, 0.1) is 7.11 Å². The highest BCUT2D eigenvalue weighted by atomic mass is 16.5. The van der Waals surface area contributed by atoms with E-state index in [4.69, 9.17) is 4.74 Å². The lowest BCUT2D eigenvalue weighted by atomic mass is 9.82. The second kappa shape index (κ2) is 6.79. The molecule has 0 fully saturated rings. The predicted molar refractivity (Wildman–Crippen MR) is 78.2 cm³/mol. The Bertz CT molecular complexity index is 358. The van der Waals surface area contributed by atoms with Gasteiger partial charge in [0.1, 0.15) is 5.75 Å². The molecular weight excluding hydrogens is 222 g/mol. The Labute approximate surface area is 112 Å². The van der Waals surface area contributed by atoms with Crippen LogP contribution in [0, 0.1) is 5.41 Å². The number of ether oxygens (including phenoxy) is 1. The van der Waals surface area contributed by atoms with Crippen molar-refractivity contribution in [3.63, 3.8) is 0 Å². The van der Waals surface area contributed by atoms with Crippen LogP contribution in [0.15, 0.2) is 24.3 Å². The molecule has 0 aromatic heterocycles. The maximum atomic E-state index is 5.27. The topological polar surface area (TPSA) is 21.3 Å². The highest BCUT2D eigenvalue weighted by molar-refractivity contribution is 5.29. The predicted octanol–water partition coefficient (Wildman–Crippen LogP) is 3.65. The summed E-state index contributed by atoms with van der Waals surface area (Å²) in [7, 11) is 1.72. The first-order valence-electron chi connectivity index (χ1n) is 6.79. The van der Waals surface area contributed by atoms with E-state index in [0.29, 0.717) is 11.5 Å². The molecule has 0 saturated carbocycles. The van der Waals surface area contributed by atoms with Crippen molar-refractivity contribution in [3.8, 4) is 5.75 Å². The zero-order valence-corrected chi connectivity index (χ0v) is 12.4. The van der Waals surface area contributed by atoms with Gasteiger partial charge in [0.2, 0.25) is 0 Å². The van der Waals surface area contributed by atoms with Gasteiger partial charge in [-0.15, -0.1) is 0 Å². The molecule has 0 aliphatic carbocycles. The van der Waals surface area contributed by atoms with Crippen LogP contribution in [0.3, 0.4) is 0 Å². The molecule has 102 valence electrons. The van der Waals surface area contributed by atoms with Crippen molar-refractivity contribution in [2.45, 2.75) is 46.6 Å². The fraction of sp³-hybridized carbons (Fsp3) is 0.625. The van der Waals surface area contributed by atoms with Crippen molar-refractivity contribution in [1.82, 2.24) is 5.32 Å². The molecule has 0 bridgehead atoms. The van der Waals surface area contributed by atoms with Crippen LogP contribution in [0.1, 0.15) is 39.7 Å². The molecule has 0 radical (unpaired) electrons. The molecule has 1 rings (SSSR count). The second-order valence-corrected chi connectivity index (χ2v) is 6.05. The van der Waals surface area contributed by atoms with Crippen LogP contribution in [-0.4, -0.2) is 19.7 Å². The Kier molecular flexibility index (Phi) is 5.67. The molecule has 0 aliphatic heterocycles. The lowest BCUT2D eigenvalue weighted by Gasteiger charge is -2.25. The molecule has 0 spiro atoms. The van der Waals surface area contributed by atoms with E-state index in [9.17, 15) is 0 Å². The van der Waals surface area contributed by atoms with E-state index >= 15 is 0 Å². The van der Waals surface area contributed by atoms with Crippen LogP contribution in [0.2, 0.25) is 0 Å². The molecule has 0 heterocycles. The Balaban J connectivity index is 2.52. The summed E-state index contributed by atoms with van der Waals surface area (Å²) in [5.74, 6) is 0.948. The Hall–Kier alpha value is -1.02. The molecule has 0 atom stereocenters. The van der Waals surface area contributed by atoms with Gasteiger partial charge in [-0.1, -0.05) is 39.8 Å². The fourth-order valence-corrected chi connectivity index (χ4v) is 2.12. The van der Waals surface area contributed by atoms with E-state index in [1.165, 1.54) is 12.0 Å². The van der Waals surface area contributed by atoms with Crippen molar-refractivity contribution < 1.29 is 4.74 Å². The van der Waals surface area contributed by atoms with Gasteiger partial charge in [0.15, 0.2) is 0 Å². The van der Waals surface area contributed by atoms with Gasteiger partial charge in [0, 0.05) is 6.04 Å². The summed E-state index contributed by atoms with van der Waals surface area (Å²) in [6, 6.07) is 8.95. The average molecular weight is 249 g/mol. The van der Waals surface area contributed by atoms with E-state index in [1.54, 1.807) is 7.11 Å². The third-order valence-electron chi connectivity index (χ3n) is 3.17. The first-order valence-corrected chi connectivity index (χ1v) is 6.79. The molecule has 0 unspecified atom stereocenters. The monoisotopic (exact) mass is 249 g/mol. The number of rotatable bonds is 7. The standard InChI is InChI=1S/C16H27NO/c1-13(2)17-10-9-16(3,4)12-14-7-6-8-15(11-14)18-5/h6-8,11,13,17H,9-10,12H2,1-5H3. The van der Waals surface area contributed by atoms with Crippen molar-refractivity contribution in [1.29, 1.82) is 0 Å². The smallest absolute Gasteiger partial charge is 0.119 e. The molecule has 18 heavy (non-hydrogen) atoms. The van der Waals surface area contributed by atoms with E-state index in [0.717, 1.165) is 18.7 Å². The first-order chi connectivity index (χ1) is 8.43. The van der Waals surface area contributed by atoms with Gasteiger partial charge in [-0.2, -0.15) is 0 Å². The maximum Gasteiger partial charge on any atom is 0.119 e. The summed E-state index contributed by atoms with van der Waals surface area (Å²) in [4.78, 5) is 0. The minimum Gasteiger partial charge on any atom is -0.497 e. The third-order valence-corrected chi connectivity index (χ3v) is 3.17. The van der Waals surface area contributed by atoms with Crippen LogP contribution in [0.25, 0.3) is 0 Å². The van der Waals surface area contributed by atoms with Gasteiger partial charge in [-0.25, -0.2) is 0 Å². The number of hydrogen-bond acceptors (Lipinski definition) is 2. The van der Waals surface area contributed by atoms with E-state index in [2.05, 4.69) is 51.2 Å². The highest BCUT2D eigenvalue weighted by Gasteiger charge is 2.18. The molecule has 1 aromatic carbocycles. The Morgan fingerprint density at radius 2 is 2.00 bits per heavy atom. The highest BCUT2D eigenvalue weighted by Crippen LogP contribution is 2.27. The van der Waals surface area contributed by atoms with Crippen LogP contribution in [0.4, 0.5) is 0 Å². The Morgan fingerprint density at radius 1 is 1.28 bits per heavy atom. The number of benzene rings is 1. The van der Waals surface area contributed by atoms with Gasteiger partial charge < -0.3 is 10.1 Å². The molecule has 2 nitrogen and oxygen atoms in total. The lowest BCUT2D eigenvalue weighted by molar-refractivity contribution is 0.320. The number of hydrogen-bond donors (Lipinski definition) is 1. The van der Waals surface area contributed by atoms with Crippen molar-refractivity contribution in [2.75, 3.05) is 13.7 Å². The average Bonchev–Trinajstić information content (AvgIpc) is 2.27. The first kappa shape index (κ1) is 15.0. The molecule has 1 N–H and O–H groups in total. The Morgan fingerprint density at radius 3 is 2.61 bits per heavy atom. The van der Waals surface area contributed by atoms with Gasteiger partial charge in [0.25, 0.3) is 0 Å². The molecule has 0 aliphatic rings. The quantitative estimate of drug-likeness (QED) is 0.796. The SMILES string of the molecule is COc1cccc(CC(C)(C)CCNC(C)C)c1. The van der Waals surface area contributed by atoms with Gasteiger partial charge >= 0.3 is 0 Å². The van der Waals surface area contributed by atoms with Crippen LogP contribution in [-0.2, 0) is 6.42 Å². The number of nitrogens with one attached hydrogen (secondary N) is 1. The van der Waals surface area contributed by atoms with Crippen molar-refractivity contribution >= 4 is 0 Å². The minimum absolute atomic E-state index is 0.314. The normalized spacial score (nSPS) is 11.9. The van der Waals surface area contributed by atoms with Crippen molar-refractivity contribution in [3.05, 3.63) is 29.8 Å². The van der Waals surface area contributed by atoms with Crippen LogP contribution in [0.5, 0.6) is 5.75 Å². The van der Waals surface area contributed by atoms with Crippen molar-refractivity contribution in [2.24, 2.45) is 5.41 Å². The van der Waals surface area contributed by atoms with E-state index in [1.807, 2.05) is 6.07 Å². The summed E-state index contributed by atoms with van der Waals surface area (Å²) >= 11 is 0. The maximum absolute atomic E-state index is 5.27. The van der Waals surface area contributed by atoms with Gasteiger partial charge in [-0.3, -0.25) is 0 Å². The lowest BCUT2D eigenvalue weighted by Crippen LogP contribution is -2.28. The number of methoxy groups -OCH3 is 1.